The summed E-state index contributed by atoms with van der Waals surface area (Å²) in [5.74, 6) is -0.512. The molecule has 1 aliphatic rings. The summed E-state index contributed by atoms with van der Waals surface area (Å²) >= 11 is 1.52. The Labute approximate surface area is 187 Å². The molecule has 0 atom stereocenters. The summed E-state index contributed by atoms with van der Waals surface area (Å²) < 4.78 is 5.31. The lowest BCUT2D eigenvalue weighted by Crippen LogP contribution is -2.17. The molecule has 4 rings (SSSR count). The summed E-state index contributed by atoms with van der Waals surface area (Å²) in [7, 11) is 0. The van der Waals surface area contributed by atoms with Gasteiger partial charge in [0.25, 0.3) is 5.91 Å². The van der Waals surface area contributed by atoms with E-state index < -0.39 is 0 Å². The molecule has 0 radical (unpaired) electrons. The van der Waals surface area contributed by atoms with Gasteiger partial charge in [0.2, 0.25) is 0 Å². The standard InChI is InChI=1S/C26H27NO3S/c1-2-30-26(29)23-21-14-8-9-15-22(21)31-25(23)27-24(28)20-13-7-6-12-19(20)17-16-18-10-4-3-5-11-18/h3-7,10-13H,2,8-9,14-17H2,1H3,(H,27,28). The van der Waals surface area contributed by atoms with Crippen molar-refractivity contribution in [3.8, 4) is 0 Å². The van der Waals surface area contributed by atoms with Crippen LogP contribution in [0.15, 0.2) is 54.6 Å². The van der Waals surface area contributed by atoms with Crippen LogP contribution in [0.5, 0.6) is 0 Å². The quantitative estimate of drug-likeness (QED) is 0.476. The van der Waals surface area contributed by atoms with Crippen LogP contribution in [0, 0.1) is 0 Å². The van der Waals surface area contributed by atoms with E-state index in [1.54, 1.807) is 6.92 Å². The number of nitrogens with one attached hydrogen (secondary N) is 1. The Morgan fingerprint density at radius 1 is 0.968 bits per heavy atom. The molecule has 1 amide bonds. The first-order valence-electron chi connectivity index (χ1n) is 10.9. The zero-order valence-electron chi connectivity index (χ0n) is 17.8. The molecular weight excluding hydrogens is 406 g/mol. The molecule has 31 heavy (non-hydrogen) atoms. The van der Waals surface area contributed by atoms with Crippen LogP contribution in [0.4, 0.5) is 5.00 Å². The molecule has 160 valence electrons. The van der Waals surface area contributed by atoms with Crippen molar-refractivity contribution in [1.82, 2.24) is 0 Å². The van der Waals surface area contributed by atoms with Crippen LogP contribution < -0.4 is 5.32 Å². The van der Waals surface area contributed by atoms with Crippen molar-refractivity contribution in [1.29, 1.82) is 0 Å². The lowest BCUT2D eigenvalue weighted by molar-refractivity contribution is 0.0526. The van der Waals surface area contributed by atoms with Crippen LogP contribution in [-0.4, -0.2) is 18.5 Å². The summed E-state index contributed by atoms with van der Waals surface area (Å²) in [6.07, 6.45) is 5.64. The van der Waals surface area contributed by atoms with E-state index in [-0.39, 0.29) is 11.9 Å². The van der Waals surface area contributed by atoms with Crippen LogP contribution in [0.1, 0.15) is 62.0 Å². The zero-order chi connectivity index (χ0) is 21.6. The molecule has 0 saturated heterocycles. The van der Waals surface area contributed by atoms with E-state index in [1.165, 1.54) is 21.8 Å². The molecule has 1 aliphatic carbocycles. The average Bonchev–Trinajstić information content (AvgIpc) is 3.16. The SMILES string of the molecule is CCOC(=O)c1c(NC(=O)c2ccccc2CCc2ccccc2)sc2c1CCCC2. The molecule has 1 N–H and O–H groups in total. The highest BCUT2D eigenvalue weighted by atomic mass is 32.1. The fourth-order valence-electron chi connectivity index (χ4n) is 4.13. The lowest BCUT2D eigenvalue weighted by atomic mass is 9.95. The first-order valence-corrected chi connectivity index (χ1v) is 11.7. The van der Waals surface area contributed by atoms with Gasteiger partial charge in [-0.05, 0) is 68.2 Å². The maximum atomic E-state index is 13.2. The molecule has 0 bridgehead atoms. The molecule has 1 heterocycles. The summed E-state index contributed by atoms with van der Waals surface area (Å²) in [5.41, 5.74) is 4.51. The number of thiophene rings is 1. The number of aryl methyl sites for hydroxylation is 3. The molecule has 0 spiro atoms. The Kier molecular flexibility index (Phi) is 6.82. The van der Waals surface area contributed by atoms with Crippen molar-refractivity contribution in [3.05, 3.63) is 87.3 Å². The Morgan fingerprint density at radius 3 is 2.52 bits per heavy atom. The Bertz CT molecular complexity index is 1070. The fraction of sp³-hybridized carbons (Fsp3) is 0.308. The van der Waals surface area contributed by atoms with Gasteiger partial charge in [0.05, 0.1) is 12.2 Å². The molecule has 5 heteroatoms. The number of carbonyl (C=O) groups is 2. The number of carbonyl (C=O) groups excluding carboxylic acids is 2. The predicted molar refractivity (Wildman–Crippen MR) is 125 cm³/mol. The molecular formula is C26H27NO3S. The number of amides is 1. The minimum Gasteiger partial charge on any atom is -0.462 e. The summed E-state index contributed by atoms with van der Waals surface area (Å²) in [4.78, 5) is 27.1. The van der Waals surface area contributed by atoms with Gasteiger partial charge in [-0.3, -0.25) is 4.79 Å². The third kappa shape index (κ3) is 4.88. The van der Waals surface area contributed by atoms with Crippen LogP contribution in [0.2, 0.25) is 0 Å². The molecule has 2 aromatic carbocycles. The van der Waals surface area contributed by atoms with Crippen molar-refractivity contribution in [2.24, 2.45) is 0 Å². The van der Waals surface area contributed by atoms with Gasteiger partial charge in [0.15, 0.2) is 0 Å². The third-order valence-electron chi connectivity index (χ3n) is 5.67. The summed E-state index contributed by atoms with van der Waals surface area (Å²) in [6, 6.07) is 18.0. The van der Waals surface area contributed by atoms with E-state index in [2.05, 4.69) is 17.4 Å². The maximum absolute atomic E-state index is 13.2. The van der Waals surface area contributed by atoms with E-state index >= 15 is 0 Å². The van der Waals surface area contributed by atoms with Gasteiger partial charge < -0.3 is 10.1 Å². The summed E-state index contributed by atoms with van der Waals surface area (Å²) in [6.45, 7) is 2.12. The van der Waals surface area contributed by atoms with E-state index in [1.807, 2.05) is 42.5 Å². The lowest BCUT2D eigenvalue weighted by Gasteiger charge is -2.13. The molecule has 0 fully saturated rings. The number of anilines is 1. The molecule has 4 nitrogen and oxygen atoms in total. The largest absolute Gasteiger partial charge is 0.462 e. The van der Waals surface area contributed by atoms with E-state index in [4.69, 9.17) is 4.74 Å². The minimum absolute atomic E-state index is 0.173. The highest BCUT2D eigenvalue weighted by Crippen LogP contribution is 2.39. The number of fused-ring (bicyclic) bond motifs is 1. The van der Waals surface area contributed by atoms with Crippen molar-refractivity contribution >= 4 is 28.2 Å². The van der Waals surface area contributed by atoms with Crippen molar-refractivity contribution < 1.29 is 14.3 Å². The zero-order valence-corrected chi connectivity index (χ0v) is 18.6. The average molecular weight is 434 g/mol. The molecule has 0 aliphatic heterocycles. The Hall–Kier alpha value is -2.92. The van der Waals surface area contributed by atoms with Crippen LogP contribution in [0.25, 0.3) is 0 Å². The second-order valence-electron chi connectivity index (χ2n) is 7.73. The highest BCUT2D eigenvalue weighted by molar-refractivity contribution is 7.17. The molecule has 0 saturated carbocycles. The topological polar surface area (TPSA) is 55.4 Å². The van der Waals surface area contributed by atoms with Gasteiger partial charge in [-0.2, -0.15) is 0 Å². The number of ether oxygens (including phenoxy) is 1. The van der Waals surface area contributed by atoms with Gasteiger partial charge in [0, 0.05) is 10.4 Å². The highest BCUT2D eigenvalue weighted by Gasteiger charge is 2.27. The molecule has 3 aromatic rings. The first kappa shape index (κ1) is 21.3. The van der Waals surface area contributed by atoms with Crippen molar-refractivity contribution in [3.63, 3.8) is 0 Å². The first-order chi connectivity index (χ1) is 15.2. The smallest absolute Gasteiger partial charge is 0.341 e. The number of rotatable bonds is 7. The van der Waals surface area contributed by atoms with E-state index in [0.29, 0.717) is 22.7 Å². The van der Waals surface area contributed by atoms with Gasteiger partial charge >= 0.3 is 5.97 Å². The minimum atomic E-state index is -0.338. The fourth-order valence-corrected chi connectivity index (χ4v) is 5.40. The van der Waals surface area contributed by atoms with Crippen LogP contribution in [0.3, 0.4) is 0 Å². The maximum Gasteiger partial charge on any atom is 0.341 e. The second-order valence-corrected chi connectivity index (χ2v) is 8.84. The number of esters is 1. The van der Waals surface area contributed by atoms with Crippen LogP contribution in [-0.2, 0) is 30.4 Å². The van der Waals surface area contributed by atoms with Gasteiger partial charge in [-0.1, -0.05) is 48.5 Å². The number of hydrogen-bond donors (Lipinski definition) is 1. The normalized spacial score (nSPS) is 12.8. The van der Waals surface area contributed by atoms with Crippen molar-refractivity contribution in [2.45, 2.75) is 45.4 Å². The Morgan fingerprint density at radius 2 is 1.71 bits per heavy atom. The third-order valence-corrected chi connectivity index (χ3v) is 6.87. The second kappa shape index (κ2) is 9.92. The van der Waals surface area contributed by atoms with Crippen molar-refractivity contribution in [2.75, 3.05) is 11.9 Å². The number of benzene rings is 2. The summed E-state index contributed by atoms with van der Waals surface area (Å²) in [5, 5.41) is 3.66. The Balaban J connectivity index is 1.58. The van der Waals surface area contributed by atoms with E-state index in [9.17, 15) is 9.59 Å². The molecule has 1 aromatic heterocycles. The number of hydrogen-bond acceptors (Lipinski definition) is 4. The van der Waals surface area contributed by atoms with Crippen LogP contribution >= 0.6 is 11.3 Å². The monoisotopic (exact) mass is 433 g/mol. The van der Waals surface area contributed by atoms with Gasteiger partial charge in [0.1, 0.15) is 5.00 Å². The van der Waals surface area contributed by atoms with E-state index in [0.717, 1.165) is 49.7 Å². The molecule has 0 unspecified atom stereocenters. The van der Waals surface area contributed by atoms with Gasteiger partial charge in [-0.15, -0.1) is 11.3 Å². The van der Waals surface area contributed by atoms with Gasteiger partial charge in [-0.25, -0.2) is 4.79 Å². The predicted octanol–water partition coefficient (Wildman–Crippen LogP) is 5.84.